The standard InChI is InChI=1S/C22H23N3O5/c26-21(12-5-16-1-8-19(9-2-16)25(28)29)23-14-13-17-3-10-20(11-4-17)30-15-22(27)24-18-6-7-18/h1-5,8-12,18H,6-7,13-15H2,(H,23,26)(H,24,27)/b12-5+. The lowest BCUT2D eigenvalue weighted by Crippen LogP contribution is -2.30. The minimum absolute atomic E-state index is 0.00694. The molecule has 2 aromatic rings. The van der Waals surface area contributed by atoms with Gasteiger partial charge < -0.3 is 15.4 Å². The lowest BCUT2D eigenvalue weighted by molar-refractivity contribution is -0.384. The molecular weight excluding hydrogens is 386 g/mol. The molecule has 0 bridgehead atoms. The summed E-state index contributed by atoms with van der Waals surface area (Å²) in [7, 11) is 0. The van der Waals surface area contributed by atoms with Crippen molar-refractivity contribution in [1.29, 1.82) is 0 Å². The first-order valence-corrected chi connectivity index (χ1v) is 9.71. The summed E-state index contributed by atoms with van der Waals surface area (Å²) in [6, 6.07) is 13.7. The molecule has 8 heteroatoms. The molecule has 1 aliphatic carbocycles. The number of benzene rings is 2. The number of amides is 2. The second-order valence-corrected chi connectivity index (χ2v) is 7.00. The average Bonchev–Trinajstić information content (AvgIpc) is 3.56. The van der Waals surface area contributed by atoms with E-state index in [0.29, 0.717) is 30.3 Å². The van der Waals surface area contributed by atoms with Gasteiger partial charge in [0.25, 0.3) is 11.6 Å². The summed E-state index contributed by atoms with van der Waals surface area (Å²) in [4.78, 5) is 33.7. The second-order valence-electron chi connectivity index (χ2n) is 7.00. The van der Waals surface area contributed by atoms with Crippen LogP contribution in [0.4, 0.5) is 5.69 Å². The van der Waals surface area contributed by atoms with Gasteiger partial charge in [0.15, 0.2) is 6.61 Å². The van der Waals surface area contributed by atoms with Crippen molar-refractivity contribution in [1.82, 2.24) is 10.6 Å². The Morgan fingerprint density at radius 2 is 1.80 bits per heavy atom. The lowest BCUT2D eigenvalue weighted by atomic mass is 10.1. The highest BCUT2D eigenvalue weighted by Gasteiger charge is 2.23. The number of hydrogen-bond acceptors (Lipinski definition) is 5. The fourth-order valence-electron chi connectivity index (χ4n) is 2.67. The summed E-state index contributed by atoms with van der Waals surface area (Å²) in [5, 5.41) is 16.3. The Labute approximate surface area is 174 Å². The molecule has 156 valence electrons. The van der Waals surface area contributed by atoms with Gasteiger partial charge in [-0.25, -0.2) is 0 Å². The smallest absolute Gasteiger partial charge is 0.269 e. The van der Waals surface area contributed by atoms with Gasteiger partial charge in [-0.05, 0) is 60.7 Å². The summed E-state index contributed by atoms with van der Waals surface area (Å²) < 4.78 is 5.46. The molecule has 2 N–H and O–H groups in total. The number of nitro groups is 1. The molecule has 1 saturated carbocycles. The summed E-state index contributed by atoms with van der Waals surface area (Å²) in [6.07, 6.45) is 5.74. The maximum Gasteiger partial charge on any atom is 0.269 e. The van der Waals surface area contributed by atoms with E-state index in [1.165, 1.54) is 18.2 Å². The number of non-ortho nitro benzene ring substituents is 1. The third-order valence-corrected chi connectivity index (χ3v) is 4.48. The van der Waals surface area contributed by atoms with Crippen LogP contribution < -0.4 is 15.4 Å². The summed E-state index contributed by atoms with van der Waals surface area (Å²) in [6.45, 7) is 0.473. The van der Waals surface area contributed by atoms with Crippen LogP contribution in [0.1, 0.15) is 24.0 Å². The molecule has 0 heterocycles. The molecule has 30 heavy (non-hydrogen) atoms. The van der Waals surface area contributed by atoms with Gasteiger partial charge in [0.05, 0.1) is 4.92 Å². The van der Waals surface area contributed by atoms with Crippen molar-refractivity contribution >= 4 is 23.6 Å². The van der Waals surface area contributed by atoms with Crippen molar-refractivity contribution in [2.45, 2.75) is 25.3 Å². The average molecular weight is 409 g/mol. The first kappa shape index (κ1) is 21.0. The van der Waals surface area contributed by atoms with E-state index in [0.717, 1.165) is 18.4 Å². The van der Waals surface area contributed by atoms with Crippen LogP contribution in [-0.4, -0.2) is 35.9 Å². The Hall–Kier alpha value is -3.68. The maximum atomic E-state index is 11.9. The largest absolute Gasteiger partial charge is 0.484 e. The highest BCUT2D eigenvalue weighted by atomic mass is 16.6. The molecule has 2 amide bonds. The van der Waals surface area contributed by atoms with Crippen LogP contribution in [0.5, 0.6) is 5.75 Å². The van der Waals surface area contributed by atoms with Crippen LogP contribution in [0.25, 0.3) is 6.08 Å². The quantitative estimate of drug-likeness (QED) is 0.356. The zero-order chi connectivity index (χ0) is 21.3. The van der Waals surface area contributed by atoms with Gasteiger partial charge in [0.2, 0.25) is 5.91 Å². The van der Waals surface area contributed by atoms with Crippen LogP contribution in [-0.2, 0) is 16.0 Å². The number of nitrogens with zero attached hydrogens (tertiary/aromatic N) is 1. The van der Waals surface area contributed by atoms with Gasteiger partial charge >= 0.3 is 0 Å². The minimum Gasteiger partial charge on any atom is -0.484 e. The van der Waals surface area contributed by atoms with E-state index in [-0.39, 0.29) is 24.1 Å². The fraction of sp³-hybridized carbons (Fsp3) is 0.273. The number of nitrogens with one attached hydrogen (secondary N) is 2. The molecule has 3 rings (SSSR count). The van der Waals surface area contributed by atoms with Crippen molar-refractivity contribution in [3.05, 3.63) is 75.8 Å². The van der Waals surface area contributed by atoms with E-state index in [1.54, 1.807) is 30.3 Å². The highest BCUT2D eigenvalue weighted by molar-refractivity contribution is 5.91. The summed E-state index contributed by atoms with van der Waals surface area (Å²) in [5.74, 6) is 0.279. The number of rotatable bonds is 10. The van der Waals surface area contributed by atoms with E-state index in [1.807, 2.05) is 12.1 Å². The normalized spacial score (nSPS) is 13.1. The van der Waals surface area contributed by atoms with Crippen molar-refractivity contribution < 1.29 is 19.2 Å². The summed E-state index contributed by atoms with van der Waals surface area (Å²) in [5.41, 5.74) is 1.75. The predicted molar refractivity (Wildman–Crippen MR) is 112 cm³/mol. The Bertz CT molecular complexity index is 919. The van der Waals surface area contributed by atoms with Crippen LogP contribution in [0.2, 0.25) is 0 Å². The van der Waals surface area contributed by atoms with Gasteiger partial charge in [-0.1, -0.05) is 12.1 Å². The van der Waals surface area contributed by atoms with Crippen LogP contribution in [0.15, 0.2) is 54.6 Å². The van der Waals surface area contributed by atoms with Gasteiger partial charge in [-0.2, -0.15) is 0 Å². The molecule has 0 aliphatic heterocycles. The molecule has 0 unspecified atom stereocenters. The zero-order valence-electron chi connectivity index (χ0n) is 16.4. The SMILES string of the molecule is O=C(/C=C/c1ccc([N+](=O)[O-])cc1)NCCc1ccc(OCC(=O)NC2CC2)cc1. The lowest BCUT2D eigenvalue weighted by Gasteiger charge is -2.08. The van der Waals surface area contributed by atoms with Crippen molar-refractivity contribution in [3.8, 4) is 5.75 Å². The first-order chi connectivity index (χ1) is 14.5. The highest BCUT2D eigenvalue weighted by Crippen LogP contribution is 2.18. The number of carbonyl (C=O) groups excluding carboxylic acids is 2. The predicted octanol–water partition coefficient (Wildman–Crippen LogP) is 2.62. The van der Waals surface area contributed by atoms with Gasteiger partial charge in [0, 0.05) is 30.8 Å². The van der Waals surface area contributed by atoms with Gasteiger partial charge in [-0.15, -0.1) is 0 Å². The number of hydrogen-bond donors (Lipinski definition) is 2. The molecule has 1 fully saturated rings. The Balaban J connectivity index is 1.36. The van der Waals surface area contributed by atoms with Gasteiger partial charge in [0.1, 0.15) is 5.75 Å². The van der Waals surface area contributed by atoms with Crippen molar-refractivity contribution in [3.63, 3.8) is 0 Å². The molecule has 8 nitrogen and oxygen atoms in total. The molecule has 0 atom stereocenters. The summed E-state index contributed by atoms with van der Waals surface area (Å²) >= 11 is 0. The van der Waals surface area contributed by atoms with Crippen molar-refractivity contribution in [2.75, 3.05) is 13.2 Å². The number of ether oxygens (including phenoxy) is 1. The third-order valence-electron chi connectivity index (χ3n) is 4.48. The van der Waals surface area contributed by atoms with E-state index in [9.17, 15) is 19.7 Å². The van der Waals surface area contributed by atoms with E-state index in [2.05, 4.69) is 10.6 Å². The number of nitro benzene ring substituents is 1. The van der Waals surface area contributed by atoms with E-state index in [4.69, 9.17) is 4.74 Å². The molecule has 0 aromatic heterocycles. The zero-order valence-corrected chi connectivity index (χ0v) is 16.4. The van der Waals surface area contributed by atoms with Crippen LogP contribution in [0.3, 0.4) is 0 Å². The molecular formula is C22H23N3O5. The molecule has 0 spiro atoms. The molecule has 2 aromatic carbocycles. The second kappa shape index (κ2) is 10.2. The Morgan fingerprint density at radius 3 is 2.43 bits per heavy atom. The molecule has 0 saturated heterocycles. The first-order valence-electron chi connectivity index (χ1n) is 9.71. The molecule has 0 radical (unpaired) electrons. The van der Waals surface area contributed by atoms with Gasteiger partial charge in [-0.3, -0.25) is 19.7 Å². The van der Waals surface area contributed by atoms with Crippen molar-refractivity contribution in [2.24, 2.45) is 0 Å². The van der Waals surface area contributed by atoms with E-state index >= 15 is 0 Å². The minimum atomic E-state index is -0.467. The number of carbonyl (C=O) groups is 2. The van der Waals surface area contributed by atoms with Crippen LogP contribution >= 0.6 is 0 Å². The van der Waals surface area contributed by atoms with E-state index < -0.39 is 4.92 Å². The topological polar surface area (TPSA) is 111 Å². The van der Waals surface area contributed by atoms with Crippen LogP contribution in [0, 0.1) is 10.1 Å². The Kier molecular flexibility index (Phi) is 7.15. The third kappa shape index (κ3) is 7.05. The Morgan fingerprint density at radius 1 is 1.10 bits per heavy atom. The fourth-order valence-corrected chi connectivity index (χ4v) is 2.67. The molecule has 1 aliphatic rings. The monoisotopic (exact) mass is 409 g/mol. The maximum absolute atomic E-state index is 11.9.